The third-order valence-electron chi connectivity index (χ3n) is 3.79. The second-order valence-electron chi connectivity index (χ2n) is 5.07. The summed E-state index contributed by atoms with van der Waals surface area (Å²) in [4.78, 5) is 10.7. The molecule has 2 bridgehead atoms. The maximum absolute atomic E-state index is 10.7. The minimum Gasteiger partial charge on any atom is -0.478 e. The number of carbonyl (C=O) groups is 1. The van der Waals surface area contributed by atoms with Crippen molar-refractivity contribution < 1.29 is 14.6 Å². The lowest BCUT2D eigenvalue weighted by atomic mass is 9.66. The first-order chi connectivity index (χ1) is 6.35. The van der Waals surface area contributed by atoms with Crippen LogP contribution in [0.5, 0.6) is 0 Å². The van der Waals surface area contributed by atoms with Crippen LogP contribution in [0.1, 0.15) is 33.6 Å². The van der Waals surface area contributed by atoms with E-state index >= 15 is 0 Å². The van der Waals surface area contributed by atoms with E-state index in [0.29, 0.717) is 0 Å². The molecule has 0 unspecified atom stereocenters. The summed E-state index contributed by atoms with van der Waals surface area (Å²) >= 11 is 0. The van der Waals surface area contributed by atoms with Gasteiger partial charge in [-0.05, 0) is 30.8 Å². The standard InChI is InChI=1S/C11H16O3/c1-10(2)6-8-4-7(5-9(12)13)11(10,3)14-8/h5,8H,4,6H2,1-3H3,(H,12,13)/b7-5-/t8-,11+/m1/s1. The van der Waals surface area contributed by atoms with Gasteiger partial charge in [0.15, 0.2) is 0 Å². The fraction of sp³-hybridized carbons (Fsp3) is 0.727. The Kier molecular flexibility index (Phi) is 1.80. The highest BCUT2D eigenvalue weighted by Crippen LogP contribution is 2.57. The van der Waals surface area contributed by atoms with Gasteiger partial charge in [0.2, 0.25) is 0 Å². The van der Waals surface area contributed by atoms with Crippen molar-refractivity contribution in [2.24, 2.45) is 5.41 Å². The zero-order valence-corrected chi connectivity index (χ0v) is 8.83. The van der Waals surface area contributed by atoms with Gasteiger partial charge in [0, 0.05) is 6.08 Å². The first-order valence-electron chi connectivity index (χ1n) is 4.97. The monoisotopic (exact) mass is 196 g/mol. The van der Waals surface area contributed by atoms with Gasteiger partial charge in [-0.15, -0.1) is 0 Å². The smallest absolute Gasteiger partial charge is 0.328 e. The van der Waals surface area contributed by atoms with Crippen LogP contribution in [-0.2, 0) is 9.53 Å². The summed E-state index contributed by atoms with van der Waals surface area (Å²) in [5, 5.41) is 8.75. The minimum absolute atomic E-state index is 0.0528. The Hall–Kier alpha value is -0.830. The molecule has 2 heterocycles. The van der Waals surface area contributed by atoms with Crippen LogP contribution in [0.15, 0.2) is 11.6 Å². The van der Waals surface area contributed by atoms with E-state index < -0.39 is 5.97 Å². The molecule has 2 atom stereocenters. The highest BCUT2D eigenvalue weighted by atomic mass is 16.5. The molecule has 0 aromatic heterocycles. The number of hydrogen-bond donors (Lipinski definition) is 1. The average molecular weight is 196 g/mol. The average Bonchev–Trinajstić information content (AvgIpc) is 2.35. The van der Waals surface area contributed by atoms with Gasteiger partial charge in [0.05, 0.1) is 11.7 Å². The first kappa shape index (κ1) is 9.71. The van der Waals surface area contributed by atoms with Gasteiger partial charge >= 0.3 is 5.97 Å². The third kappa shape index (κ3) is 1.12. The molecule has 0 aliphatic carbocycles. The summed E-state index contributed by atoms with van der Waals surface area (Å²) in [5.41, 5.74) is 0.624. The first-order valence-corrected chi connectivity index (χ1v) is 4.97. The van der Waals surface area contributed by atoms with Crippen LogP contribution in [0.2, 0.25) is 0 Å². The van der Waals surface area contributed by atoms with Crippen molar-refractivity contribution >= 4 is 5.97 Å². The number of hydrogen-bond acceptors (Lipinski definition) is 2. The quantitative estimate of drug-likeness (QED) is 0.652. The Morgan fingerprint density at radius 2 is 2.21 bits per heavy atom. The maximum Gasteiger partial charge on any atom is 0.328 e. The van der Waals surface area contributed by atoms with Gasteiger partial charge in [0.1, 0.15) is 0 Å². The summed E-state index contributed by atoms with van der Waals surface area (Å²) in [7, 11) is 0. The topological polar surface area (TPSA) is 46.5 Å². The van der Waals surface area contributed by atoms with E-state index in [4.69, 9.17) is 9.84 Å². The molecule has 0 amide bonds. The Labute approximate surface area is 83.8 Å². The van der Waals surface area contributed by atoms with E-state index in [9.17, 15) is 4.79 Å². The molecule has 2 aliphatic rings. The lowest BCUT2D eigenvalue weighted by Gasteiger charge is -2.37. The van der Waals surface area contributed by atoms with Crippen molar-refractivity contribution in [2.45, 2.75) is 45.3 Å². The van der Waals surface area contributed by atoms with Crippen LogP contribution in [-0.4, -0.2) is 22.8 Å². The zero-order chi connectivity index (χ0) is 10.6. The largest absolute Gasteiger partial charge is 0.478 e. The van der Waals surface area contributed by atoms with E-state index in [1.54, 1.807) is 0 Å². The van der Waals surface area contributed by atoms with Crippen LogP contribution in [0.4, 0.5) is 0 Å². The number of rotatable bonds is 1. The summed E-state index contributed by atoms with van der Waals surface area (Å²) in [6.45, 7) is 6.29. The van der Waals surface area contributed by atoms with Crippen molar-refractivity contribution in [1.29, 1.82) is 0 Å². The summed E-state index contributed by atoms with van der Waals surface area (Å²) in [6, 6.07) is 0. The van der Waals surface area contributed by atoms with E-state index in [0.717, 1.165) is 18.4 Å². The predicted octanol–water partition coefficient (Wildman–Crippen LogP) is 1.97. The van der Waals surface area contributed by atoms with Gasteiger partial charge in [-0.1, -0.05) is 13.8 Å². The van der Waals surface area contributed by atoms with Crippen LogP contribution in [0.3, 0.4) is 0 Å². The summed E-state index contributed by atoms with van der Waals surface area (Å²) in [5.74, 6) is -0.867. The molecule has 0 spiro atoms. The molecule has 0 radical (unpaired) electrons. The molecule has 0 aromatic carbocycles. The Morgan fingerprint density at radius 3 is 2.64 bits per heavy atom. The number of carboxylic acid groups (broad SMARTS) is 1. The molecule has 0 saturated carbocycles. The zero-order valence-electron chi connectivity index (χ0n) is 8.83. The van der Waals surface area contributed by atoms with E-state index in [-0.39, 0.29) is 17.1 Å². The molecular weight excluding hydrogens is 180 g/mol. The molecular formula is C11H16O3. The number of ether oxygens (including phenoxy) is 1. The Balaban J connectivity index is 2.38. The molecule has 2 saturated heterocycles. The SMILES string of the molecule is CC1(C)C[C@H]2C/C(=C/C(=O)O)[C@]1(C)O2. The lowest BCUT2D eigenvalue weighted by Crippen LogP contribution is -2.39. The fourth-order valence-electron chi connectivity index (χ4n) is 2.71. The highest BCUT2D eigenvalue weighted by molar-refractivity contribution is 5.81. The van der Waals surface area contributed by atoms with Crippen LogP contribution >= 0.6 is 0 Å². The molecule has 1 N–H and O–H groups in total. The predicted molar refractivity (Wildman–Crippen MR) is 52.0 cm³/mol. The Morgan fingerprint density at radius 1 is 1.57 bits per heavy atom. The molecule has 2 fully saturated rings. The lowest BCUT2D eigenvalue weighted by molar-refractivity contribution is -0.131. The van der Waals surface area contributed by atoms with E-state index in [1.165, 1.54) is 6.08 Å². The van der Waals surface area contributed by atoms with Gasteiger partial charge in [-0.25, -0.2) is 4.79 Å². The minimum atomic E-state index is -0.867. The fourth-order valence-corrected chi connectivity index (χ4v) is 2.71. The molecule has 3 nitrogen and oxygen atoms in total. The van der Waals surface area contributed by atoms with Crippen molar-refractivity contribution in [3.05, 3.63) is 11.6 Å². The number of fused-ring (bicyclic) bond motifs is 2. The number of carboxylic acids is 1. The normalized spacial score (nSPS) is 41.9. The van der Waals surface area contributed by atoms with E-state index in [1.807, 2.05) is 6.92 Å². The van der Waals surface area contributed by atoms with E-state index in [2.05, 4.69) is 13.8 Å². The number of aliphatic carboxylic acids is 1. The van der Waals surface area contributed by atoms with Gasteiger partial charge in [-0.2, -0.15) is 0 Å². The van der Waals surface area contributed by atoms with Gasteiger partial charge in [-0.3, -0.25) is 0 Å². The molecule has 2 aliphatic heterocycles. The second-order valence-corrected chi connectivity index (χ2v) is 5.07. The molecule has 3 heteroatoms. The van der Waals surface area contributed by atoms with Crippen LogP contribution in [0, 0.1) is 5.41 Å². The van der Waals surface area contributed by atoms with Gasteiger partial charge in [0.25, 0.3) is 0 Å². The molecule has 2 rings (SSSR count). The maximum atomic E-state index is 10.7. The van der Waals surface area contributed by atoms with Crippen molar-refractivity contribution in [1.82, 2.24) is 0 Å². The van der Waals surface area contributed by atoms with Crippen LogP contribution in [0.25, 0.3) is 0 Å². The summed E-state index contributed by atoms with van der Waals surface area (Å²) in [6.07, 6.45) is 3.36. The molecule has 78 valence electrons. The molecule has 0 aromatic rings. The Bertz CT molecular complexity index is 316. The van der Waals surface area contributed by atoms with Crippen molar-refractivity contribution in [3.8, 4) is 0 Å². The van der Waals surface area contributed by atoms with Crippen molar-refractivity contribution in [3.63, 3.8) is 0 Å². The summed E-state index contributed by atoms with van der Waals surface area (Å²) < 4.78 is 5.86. The molecule has 14 heavy (non-hydrogen) atoms. The van der Waals surface area contributed by atoms with Crippen molar-refractivity contribution in [2.75, 3.05) is 0 Å². The van der Waals surface area contributed by atoms with Gasteiger partial charge < -0.3 is 9.84 Å². The highest BCUT2D eigenvalue weighted by Gasteiger charge is 2.58. The van der Waals surface area contributed by atoms with Crippen LogP contribution < -0.4 is 0 Å². The third-order valence-corrected chi connectivity index (χ3v) is 3.79. The second kappa shape index (κ2) is 2.60.